The van der Waals surface area contributed by atoms with E-state index in [1.807, 2.05) is 0 Å². The molecule has 0 aromatic carbocycles. The fourth-order valence-corrected chi connectivity index (χ4v) is 0.608. The van der Waals surface area contributed by atoms with E-state index in [9.17, 15) is 8.78 Å². The van der Waals surface area contributed by atoms with Gasteiger partial charge in [-0.05, 0) is 0 Å². The minimum absolute atomic E-state index is 0. The van der Waals surface area contributed by atoms with Crippen molar-refractivity contribution in [2.45, 2.75) is 6.54 Å². The van der Waals surface area contributed by atoms with E-state index < -0.39 is 11.8 Å². The van der Waals surface area contributed by atoms with E-state index in [1.165, 1.54) is 0 Å². The maximum Gasteiger partial charge on any atom is 0.213 e. The summed E-state index contributed by atoms with van der Waals surface area (Å²) in [6.07, 6.45) is 0.817. The van der Waals surface area contributed by atoms with E-state index in [0.717, 1.165) is 12.3 Å². The monoisotopic (exact) mass is 180 g/mol. The summed E-state index contributed by atoms with van der Waals surface area (Å²) in [5, 5.41) is 0. The number of hydrogen-bond acceptors (Lipinski definition) is 2. The number of rotatable bonds is 1. The molecule has 0 unspecified atom stereocenters. The highest BCUT2D eigenvalue weighted by atomic mass is 35.5. The van der Waals surface area contributed by atoms with Gasteiger partial charge in [-0.25, -0.2) is 9.37 Å². The summed E-state index contributed by atoms with van der Waals surface area (Å²) in [5.74, 6) is -1.27. The van der Waals surface area contributed by atoms with Crippen LogP contribution in [0.15, 0.2) is 12.3 Å². The minimum Gasteiger partial charge on any atom is -0.326 e. The number of nitrogens with zero attached hydrogens (tertiary/aromatic N) is 1. The number of aromatic nitrogens is 1. The van der Waals surface area contributed by atoms with Crippen LogP contribution in [0.5, 0.6) is 0 Å². The quantitative estimate of drug-likeness (QED) is 0.661. The normalized spacial score (nSPS) is 9.00. The highest BCUT2D eigenvalue weighted by molar-refractivity contribution is 5.85. The molecule has 0 amide bonds. The third-order valence-corrected chi connectivity index (χ3v) is 1.12. The molecule has 0 aliphatic heterocycles. The Morgan fingerprint density at radius 3 is 2.55 bits per heavy atom. The van der Waals surface area contributed by atoms with Gasteiger partial charge in [0.2, 0.25) is 5.95 Å². The predicted molar refractivity (Wildman–Crippen MR) is 39.3 cm³/mol. The molecule has 2 N–H and O–H groups in total. The van der Waals surface area contributed by atoms with Crippen LogP contribution in [0.1, 0.15) is 5.56 Å². The molecule has 0 fully saturated rings. The zero-order chi connectivity index (χ0) is 7.56. The molecule has 0 saturated heterocycles. The molecule has 1 aromatic rings. The molecule has 1 rings (SSSR count). The molecule has 0 atom stereocenters. The van der Waals surface area contributed by atoms with E-state index in [-0.39, 0.29) is 24.5 Å². The van der Waals surface area contributed by atoms with Crippen molar-refractivity contribution in [2.75, 3.05) is 0 Å². The van der Waals surface area contributed by atoms with Crippen LogP contribution in [-0.2, 0) is 6.54 Å². The Labute approximate surface area is 68.8 Å². The summed E-state index contributed by atoms with van der Waals surface area (Å²) in [7, 11) is 0. The number of hydrogen-bond donors (Lipinski definition) is 1. The van der Waals surface area contributed by atoms with Gasteiger partial charge < -0.3 is 5.73 Å². The van der Waals surface area contributed by atoms with E-state index in [4.69, 9.17) is 5.73 Å². The molecular formula is C6H7ClF2N2. The zero-order valence-electron chi connectivity index (χ0n) is 5.55. The molecule has 0 aliphatic carbocycles. The van der Waals surface area contributed by atoms with Gasteiger partial charge in [0.1, 0.15) is 5.82 Å². The molecule has 0 saturated carbocycles. The first-order chi connectivity index (χ1) is 4.74. The van der Waals surface area contributed by atoms with Crippen molar-refractivity contribution in [3.63, 3.8) is 0 Å². The number of halogens is 3. The summed E-state index contributed by atoms with van der Waals surface area (Å²) >= 11 is 0. The molecule has 1 aromatic heterocycles. The van der Waals surface area contributed by atoms with Gasteiger partial charge in [-0.3, -0.25) is 0 Å². The molecule has 0 bridgehead atoms. The Morgan fingerprint density at radius 2 is 2.09 bits per heavy atom. The Balaban J connectivity index is 0.000001000. The largest absolute Gasteiger partial charge is 0.326 e. The molecule has 1 heterocycles. The first kappa shape index (κ1) is 10.3. The van der Waals surface area contributed by atoms with E-state index in [2.05, 4.69) is 4.98 Å². The summed E-state index contributed by atoms with van der Waals surface area (Å²) in [6.45, 7) is -0.00866. The van der Waals surface area contributed by atoms with Crippen LogP contribution < -0.4 is 5.73 Å². The van der Waals surface area contributed by atoms with Gasteiger partial charge in [-0.2, -0.15) is 4.39 Å². The van der Waals surface area contributed by atoms with Gasteiger partial charge in [-0.15, -0.1) is 12.4 Å². The second-order valence-corrected chi connectivity index (χ2v) is 1.80. The second kappa shape index (κ2) is 4.20. The van der Waals surface area contributed by atoms with E-state index in [1.54, 1.807) is 0 Å². The Kier molecular flexibility index (Phi) is 3.92. The Bertz CT molecular complexity index is 242. The predicted octanol–water partition coefficient (Wildman–Crippen LogP) is 1.24. The topological polar surface area (TPSA) is 38.9 Å². The second-order valence-electron chi connectivity index (χ2n) is 1.80. The van der Waals surface area contributed by atoms with Gasteiger partial charge >= 0.3 is 0 Å². The average molecular weight is 181 g/mol. The summed E-state index contributed by atoms with van der Waals surface area (Å²) in [4.78, 5) is 3.09. The first-order valence-corrected chi connectivity index (χ1v) is 2.74. The molecule has 11 heavy (non-hydrogen) atoms. The fourth-order valence-electron chi connectivity index (χ4n) is 0.608. The van der Waals surface area contributed by atoms with Crippen LogP contribution in [0.2, 0.25) is 0 Å². The van der Waals surface area contributed by atoms with Crippen molar-refractivity contribution >= 4 is 12.4 Å². The maximum absolute atomic E-state index is 12.5. The molecular weight excluding hydrogens is 174 g/mol. The van der Waals surface area contributed by atoms with Gasteiger partial charge in [-0.1, -0.05) is 0 Å². The summed E-state index contributed by atoms with van der Waals surface area (Å²) in [6, 6.07) is 0.981. The molecule has 0 spiro atoms. The standard InChI is InChI=1S/C6H6F2N2.ClH/c7-5-3-10-6(8)1-4(5)2-9;/h1,3H,2,9H2;1H. The highest BCUT2D eigenvalue weighted by Crippen LogP contribution is 2.04. The first-order valence-electron chi connectivity index (χ1n) is 2.74. The van der Waals surface area contributed by atoms with Gasteiger partial charge in [0.15, 0.2) is 0 Å². The molecule has 5 heteroatoms. The number of nitrogens with two attached hydrogens (primary N) is 1. The third kappa shape index (κ3) is 2.40. The SMILES string of the molecule is Cl.NCc1cc(F)ncc1F. The average Bonchev–Trinajstić information content (AvgIpc) is 1.94. The van der Waals surface area contributed by atoms with Crippen LogP contribution in [0, 0.1) is 11.8 Å². The van der Waals surface area contributed by atoms with Crippen molar-refractivity contribution < 1.29 is 8.78 Å². The number of pyridine rings is 1. The zero-order valence-corrected chi connectivity index (χ0v) is 6.37. The molecule has 0 radical (unpaired) electrons. The lowest BCUT2D eigenvalue weighted by Crippen LogP contribution is -2.01. The van der Waals surface area contributed by atoms with E-state index in [0.29, 0.717) is 0 Å². The lowest BCUT2D eigenvalue weighted by Gasteiger charge is -1.96. The van der Waals surface area contributed by atoms with Gasteiger partial charge in [0, 0.05) is 18.2 Å². The molecule has 0 aliphatic rings. The highest BCUT2D eigenvalue weighted by Gasteiger charge is 2.00. The Morgan fingerprint density at radius 1 is 1.45 bits per heavy atom. The Hall–Kier alpha value is -0.740. The summed E-state index contributed by atoms with van der Waals surface area (Å²) < 4.78 is 24.7. The van der Waals surface area contributed by atoms with Gasteiger partial charge in [0.05, 0.1) is 6.20 Å². The summed E-state index contributed by atoms with van der Waals surface area (Å²) in [5.41, 5.74) is 5.23. The molecule has 62 valence electrons. The minimum atomic E-state index is -0.707. The third-order valence-electron chi connectivity index (χ3n) is 1.12. The van der Waals surface area contributed by atoms with Crippen molar-refractivity contribution in [2.24, 2.45) is 5.73 Å². The van der Waals surface area contributed by atoms with Crippen LogP contribution in [0.3, 0.4) is 0 Å². The lowest BCUT2D eigenvalue weighted by atomic mass is 10.2. The van der Waals surface area contributed by atoms with Gasteiger partial charge in [0.25, 0.3) is 0 Å². The lowest BCUT2D eigenvalue weighted by molar-refractivity contribution is 0.549. The van der Waals surface area contributed by atoms with Crippen molar-refractivity contribution in [3.8, 4) is 0 Å². The maximum atomic E-state index is 12.5. The molecule has 2 nitrogen and oxygen atoms in total. The van der Waals surface area contributed by atoms with Crippen LogP contribution in [0.4, 0.5) is 8.78 Å². The fraction of sp³-hybridized carbons (Fsp3) is 0.167. The van der Waals surface area contributed by atoms with Crippen molar-refractivity contribution in [1.29, 1.82) is 0 Å². The van der Waals surface area contributed by atoms with Crippen molar-refractivity contribution in [3.05, 3.63) is 29.6 Å². The smallest absolute Gasteiger partial charge is 0.213 e. The van der Waals surface area contributed by atoms with Crippen molar-refractivity contribution in [1.82, 2.24) is 4.98 Å². The van der Waals surface area contributed by atoms with E-state index >= 15 is 0 Å². The van der Waals surface area contributed by atoms with Crippen LogP contribution >= 0.6 is 12.4 Å². The van der Waals surface area contributed by atoms with Crippen LogP contribution in [0.25, 0.3) is 0 Å². The van der Waals surface area contributed by atoms with Crippen LogP contribution in [-0.4, -0.2) is 4.98 Å².